The first kappa shape index (κ1) is 12.1. The Kier molecular flexibility index (Phi) is 4.72. The van der Waals surface area contributed by atoms with Gasteiger partial charge in [-0.05, 0) is 19.3 Å². The highest BCUT2D eigenvalue weighted by Crippen LogP contribution is 2.34. The van der Waals surface area contributed by atoms with E-state index in [4.69, 9.17) is 0 Å². The molecule has 0 radical (unpaired) electrons. The van der Waals surface area contributed by atoms with Crippen molar-refractivity contribution in [2.75, 3.05) is 0 Å². The largest absolute Gasteiger partial charge is 0.317 e. The lowest BCUT2D eigenvalue weighted by atomic mass is 10.2. The van der Waals surface area contributed by atoms with E-state index in [9.17, 15) is 9.18 Å². The molecule has 0 aromatic carbocycles. The minimum absolute atomic E-state index is 0.489. The number of hydrogen-bond acceptors (Lipinski definition) is 2. The molecule has 4 heteroatoms. The highest BCUT2D eigenvalue weighted by molar-refractivity contribution is 5.90. The fourth-order valence-electron chi connectivity index (χ4n) is 1.84. The summed E-state index contributed by atoms with van der Waals surface area (Å²) < 4.78 is 14.0. The van der Waals surface area contributed by atoms with Crippen LogP contribution in [0.3, 0.4) is 0 Å². The summed E-state index contributed by atoms with van der Waals surface area (Å²) in [5, 5.41) is 2.50. The number of hydrogen-bond donors (Lipinski definition) is 1. The van der Waals surface area contributed by atoms with Crippen molar-refractivity contribution in [1.82, 2.24) is 5.32 Å². The number of halogens is 1. The van der Waals surface area contributed by atoms with Gasteiger partial charge in [0.2, 0.25) is 12.2 Å². The van der Waals surface area contributed by atoms with Gasteiger partial charge in [-0.15, -0.1) is 0 Å². The standard InChI is InChI=1S/C11H19FN2O/c1-2-3-6-10(13-9-15)14-11(12)7-4-5-8-11/h9H,2-8H2,1H3,(H,13,14,15). The van der Waals surface area contributed by atoms with Gasteiger partial charge in [0, 0.05) is 19.3 Å². The average Bonchev–Trinajstić information content (AvgIpc) is 2.62. The van der Waals surface area contributed by atoms with Crippen molar-refractivity contribution in [1.29, 1.82) is 0 Å². The summed E-state index contributed by atoms with van der Waals surface area (Å²) in [6.07, 6.45) is 5.93. The predicted octanol–water partition coefficient (Wildman–Crippen LogP) is 2.56. The van der Waals surface area contributed by atoms with Gasteiger partial charge in [0.25, 0.3) is 0 Å². The van der Waals surface area contributed by atoms with Crippen molar-refractivity contribution >= 4 is 12.2 Å². The zero-order valence-electron chi connectivity index (χ0n) is 9.26. The Labute approximate surface area is 90.2 Å². The Balaban J connectivity index is 2.59. The van der Waals surface area contributed by atoms with Crippen molar-refractivity contribution < 1.29 is 9.18 Å². The first-order valence-corrected chi connectivity index (χ1v) is 5.68. The molecule has 1 rings (SSSR count). The molecule has 0 aromatic rings. The van der Waals surface area contributed by atoms with Crippen LogP contribution in [0.15, 0.2) is 4.99 Å². The SMILES string of the molecule is CCCC/C(=N/C1(F)CCCC1)NC=O. The topological polar surface area (TPSA) is 41.5 Å². The van der Waals surface area contributed by atoms with Crippen LogP contribution in [0, 0.1) is 0 Å². The second kappa shape index (κ2) is 5.83. The van der Waals surface area contributed by atoms with Crippen LogP contribution in [0.1, 0.15) is 51.9 Å². The summed E-state index contributed by atoms with van der Waals surface area (Å²) in [6.45, 7) is 2.05. The van der Waals surface area contributed by atoms with Crippen LogP contribution >= 0.6 is 0 Å². The number of nitrogens with zero attached hydrogens (tertiary/aromatic N) is 1. The van der Waals surface area contributed by atoms with Crippen LogP contribution in [0.4, 0.5) is 4.39 Å². The smallest absolute Gasteiger partial charge is 0.212 e. The van der Waals surface area contributed by atoms with E-state index in [1.807, 2.05) is 0 Å². The van der Waals surface area contributed by atoms with Gasteiger partial charge in [0.1, 0.15) is 5.84 Å². The highest BCUT2D eigenvalue weighted by atomic mass is 19.1. The molecule has 0 heterocycles. The Morgan fingerprint density at radius 3 is 2.73 bits per heavy atom. The van der Waals surface area contributed by atoms with Crippen LogP contribution in [0.5, 0.6) is 0 Å². The molecule has 1 amide bonds. The molecule has 15 heavy (non-hydrogen) atoms. The predicted molar refractivity (Wildman–Crippen MR) is 58.5 cm³/mol. The number of carbonyl (C=O) groups excluding carboxylic acids is 1. The molecule has 1 aliphatic carbocycles. The lowest BCUT2D eigenvalue weighted by Gasteiger charge is -2.15. The Morgan fingerprint density at radius 1 is 1.53 bits per heavy atom. The third-order valence-corrected chi connectivity index (χ3v) is 2.70. The van der Waals surface area contributed by atoms with Gasteiger partial charge >= 0.3 is 0 Å². The molecular weight excluding hydrogens is 195 g/mol. The first-order chi connectivity index (χ1) is 7.20. The molecule has 1 fully saturated rings. The summed E-state index contributed by atoms with van der Waals surface area (Å²) in [5.74, 6) is -0.921. The fraction of sp³-hybridized carbons (Fsp3) is 0.818. The summed E-state index contributed by atoms with van der Waals surface area (Å²) in [5.41, 5.74) is 0. The molecule has 1 aliphatic rings. The number of rotatable bonds is 5. The van der Waals surface area contributed by atoms with Gasteiger partial charge in [-0.25, -0.2) is 9.38 Å². The van der Waals surface area contributed by atoms with E-state index in [1.165, 1.54) is 0 Å². The zero-order valence-corrected chi connectivity index (χ0v) is 9.26. The first-order valence-electron chi connectivity index (χ1n) is 5.68. The maximum Gasteiger partial charge on any atom is 0.212 e. The molecular formula is C11H19FN2O. The van der Waals surface area contributed by atoms with Gasteiger partial charge in [-0.2, -0.15) is 0 Å². The lowest BCUT2D eigenvalue weighted by molar-refractivity contribution is -0.108. The average molecular weight is 214 g/mol. The third kappa shape index (κ3) is 3.98. The van der Waals surface area contributed by atoms with Gasteiger partial charge < -0.3 is 5.32 Å². The number of aliphatic imine (C=N–C) groups is 1. The molecule has 0 spiro atoms. The van der Waals surface area contributed by atoms with Crippen LogP contribution in [-0.4, -0.2) is 18.0 Å². The van der Waals surface area contributed by atoms with Crippen molar-refractivity contribution in [3.8, 4) is 0 Å². The number of amides is 1. The second-order valence-corrected chi connectivity index (χ2v) is 4.05. The second-order valence-electron chi connectivity index (χ2n) is 4.05. The van der Waals surface area contributed by atoms with Gasteiger partial charge in [0.15, 0.2) is 0 Å². The third-order valence-electron chi connectivity index (χ3n) is 2.70. The number of alkyl halides is 1. The minimum Gasteiger partial charge on any atom is -0.317 e. The van der Waals surface area contributed by atoms with E-state index in [0.29, 0.717) is 31.5 Å². The van der Waals surface area contributed by atoms with Crippen LogP contribution in [0.25, 0.3) is 0 Å². The van der Waals surface area contributed by atoms with Crippen molar-refractivity contribution in [3.63, 3.8) is 0 Å². The van der Waals surface area contributed by atoms with Gasteiger partial charge in [-0.1, -0.05) is 13.3 Å². The quantitative estimate of drug-likeness (QED) is 0.325. The maximum atomic E-state index is 14.0. The lowest BCUT2D eigenvalue weighted by Crippen LogP contribution is -2.27. The summed E-state index contributed by atoms with van der Waals surface area (Å²) >= 11 is 0. The summed E-state index contributed by atoms with van der Waals surface area (Å²) in [7, 11) is 0. The van der Waals surface area contributed by atoms with Gasteiger partial charge in [0.05, 0.1) is 0 Å². The van der Waals surface area contributed by atoms with Crippen molar-refractivity contribution in [3.05, 3.63) is 0 Å². The monoisotopic (exact) mass is 214 g/mol. The number of unbranched alkanes of at least 4 members (excludes halogenated alkanes) is 1. The summed E-state index contributed by atoms with van der Waals surface area (Å²) in [4.78, 5) is 14.4. The molecule has 0 unspecified atom stereocenters. The maximum absolute atomic E-state index is 14.0. The molecule has 0 saturated heterocycles. The molecule has 1 N–H and O–H groups in total. The van der Waals surface area contributed by atoms with E-state index < -0.39 is 5.79 Å². The zero-order chi connectivity index (χ0) is 11.1. The van der Waals surface area contributed by atoms with E-state index in [0.717, 1.165) is 25.7 Å². The number of amidine groups is 1. The normalized spacial score (nSPS) is 20.3. The number of carbonyl (C=O) groups is 1. The van der Waals surface area contributed by atoms with Crippen molar-refractivity contribution in [2.24, 2.45) is 4.99 Å². The highest BCUT2D eigenvalue weighted by Gasteiger charge is 2.33. The Morgan fingerprint density at radius 2 is 2.20 bits per heavy atom. The van der Waals surface area contributed by atoms with E-state index in [1.54, 1.807) is 0 Å². The molecule has 0 aromatic heterocycles. The van der Waals surface area contributed by atoms with E-state index >= 15 is 0 Å². The Hall–Kier alpha value is -0.930. The minimum atomic E-state index is -1.42. The number of nitrogens with one attached hydrogen (secondary N) is 1. The molecule has 86 valence electrons. The summed E-state index contributed by atoms with van der Waals surface area (Å²) in [6, 6.07) is 0. The van der Waals surface area contributed by atoms with Crippen LogP contribution in [0.2, 0.25) is 0 Å². The van der Waals surface area contributed by atoms with Crippen LogP contribution < -0.4 is 5.32 Å². The molecule has 0 atom stereocenters. The molecule has 0 aliphatic heterocycles. The van der Waals surface area contributed by atoms with Crippen LogP contribution in [-0.2, 0) is 4.79 Å². The molecule has 1 saturated carbocycles. The molecule has 3 nitrogen and oxygen atoms in total. The van der Waals surface area contributed by atoms with Crippen molar-refractivity contribution in [2.45, 2.75) is 57.7 Å². The Bertz CT molecular complexity index is 235. The van der Waals surface area contributed by atoms with Gasteiger partial charge in [-0.3, -0.25) is 4.79 Å². The fourth-order valence-corrected chi connectivity index (χ4v) is 1.84. The van der Waals surface area contributed by atoms with E-state index in [-0.39, 0.29) is 0 Å². The van der Waals surface area contributed by atoms with E-state index in [2.05, 4.69) is 17.2 Å². The molecule has 0 bridgehead atoms.